The molecular weight excluding hydrogens is 357 g/mol. The number of para-hydroxylation sites is 1. The van der Waals surface area contributed by atoms with E-state index in [9.17, 15) is 4.39 Å². The number of nitrogens with zero attached hydrogens (tertiary/aromatic N) is 2. The maximum atomic E-state index is 13.3. The number of fused-ring (bicyclic) bond motifs is 1. The average molecular weight is 370 g/mol. The smallest absolute Gasteiger partial charge is 0.225 e. The molecule has 0 saturated carbocycles. The Bertz CT molecular complexity index is 1060. The lowest BCUT2D eigenvalue weighted by atomic mass is 10.1. The van der Waals surface area contributed by atoms with Gasteiger partial charge < -0.3 is 5.32 Å². The third-order valence-electron chi connectivity index (χ3n) is 3.96. The molecule has 0 spiro atoms. The summed E-state index contributed by atoms with van der Waals surface area (Å²) in [5.74, 6) is 0.380. The summed E-state index contributed by atoms with van der Waals surface area (Å²) < 4.78 is 13.3. The van der Waals surface area contributed by atoms with E-state index >= 15 is 0 Å². The van der Waals surface area contributed by atoms with Crippen LogP contribution in [0.1, 0.15) is 5.56 Å². The fourth-order valence-corrected chi connectivity index (χ4v) is 3.86. The molecule has 4 rings (SSSR count). The maximum Gasteiger partial charge on any atom is 0.225 e. The first kappa shape index (κ1) is 16.0. The van der Waals surface area contributed by atoms with Crippen molar-refractivity contribution in [2.45, 2.75) is 6.92 Å². The normalized spacial score (nSPS) is 11.0. The molecule has 0 unspecified atom stereocenters. The van der Waals surface area contributed by atoms with Gasteiger partial charge in [-0.05, 0) is 47.9 Å². The second-order valence-electron chi connectivity index (χ2n) is 5.62. The molecule has 0 aliphatic rings. The van der Waals surface area contributed by atoms with Crippen molar-refractivity contribution < 1.29 is 4.39 Å². The molecule has 0 saturated heterocycles. The Morgan fingerprint density at radius 2 is 1.80 bits per heavy atom. The van der Waals surface area contributed by atoms with Crippen LogP contribution in [0.5, 0.6) is 0 Å². The number of aromatic nitrogens is 2. The summed E-state index contributed by atoms with van der Waals surface area (Å²) in [4.78, 5) is 9.50. The molecule has 124 valence electrons. The lowest BCUT2D eigenvalue weighted by molar-refractivity contribution is 0.628. The molecule has 0 amide bonds. The fraction of sp³-hybridized carbons (Fsp3) is 0.0526. The molecule has 2 aromatic carbocycles. The number of aryl methyl sites for hydroxylation is 1. The highest BCUT2D eigenvalue weighted by Gasteiger charge is 2.15. The van der Waals surface area contributed by atoms with Gasteiger partial charge >= 0.3 is 0 Å². The molecule has 6 heteroatoms. The minimum absolute atomic E-state index is 0.191. The van der Waals surface area contributed by atoms with Crippen molar-refractivity contribution in [2.75, 3.05) is 5.32 Å². The van der Waals surface area contributed by atoms with Gasteiger partial charge in [-0.25, -0.2) is 9.37 Å². The topological polar surface area (TPSA) is 37.8 Å². The van der Waals surface area contributed by atoms with Gasteiger partial charge in [0.15, 0.2) is 0 Å². The summed E-state index contributed by atoms with van der Waals surface area (Å²) in [6, 6.07) is 14.4. The second-order valence-corrected chi connectivity index (χ2v) is 6.81. The van der Waals surface area contributed by atoms with Crippen molar-refractivity contribution >= 4 is 44.7 Å². The summed E-state index contributed by atoms with van der Waals surface area (Å²) in [6.45, 7) is 2.02. The predicted octanol–water partition coefficient (Wildman–Crippen LogP) is 6.20. The van der Waals surface area contributed by atoms with E-state index in [-0.39, 0.29) is 11.1 Å². The molecule has 1 N–H and O–H groups in total. The van der Waals surface area contributed by atoms with Crippen molar-refractivity contribution in [3.05, 3.63) is 70.6 Å². The lowest BCUT2D eigenvalue weighted by Gasteiger charge is -2.11. The average Bonchev–Trinajstić information content (AvgIpc) is 3.01. The van der Waals surface area contributed by atoms with Crippen LogP contribution in [0.25, 0.3) is 21.3 Å². The van der Waals surface area contributed by atoms with Gasteiger partial charge in [0.25, 0.3) is 0 Å². The van der Waals surface area contributed by atoms with Crippen LogP contribution in [-0.2, 0) is 0 Å². The number of benzene rings is 2. The van der Waals surface area contributed by atoms with Gasteiger partial charge in [0.1, 0.15) is 16.5 Å². The van der Waals surface area contributed by atoms with Crippen molar-refractivity contribution in [3.63, 3.8) is 0 Å². The van der Waals surface area contributed by atoms with Gasteiger partial charge in [0.05, 0.1) is 5.39 Å². The van der Waals surface area contributed by atoms with E-state index < -0.39 is 0 Å². The first-order valence-electron chi connectivity index (χ1n) is 7.65. The summed E-state index contributed by atoms with van der Waals surface area (Å²) in [5, 5.41) is 6.42. The highest BCUT2D eigenvalue weighted by molar-refractivity contribution is 7.17. The van der Waals surface area contributed by atoms with Crippen LogP contribution in [0.4, 0.5) is 15.9 Å². The molecule has 2 aromatic heterocycles. The van der Waals surface area contributed by atoms with E-state index in [1.165, 1.54) is 23.5 Å². The van der Waals surface area contributed by atoms with Crippen LogP contribution < -0.4 is 5.32 Å². The van der Waals surface area contributed by atoms with Crippen molar-refractivity contribution in [3.8, 4) is 11.1 Å². The molecule has 2 heterocycles. The largest absolute Gasteiger partial charge is 0.339 e. The molecule has 25 heavy (non-hydrogen) atoms. The van der Waals surface area contributed by atoms with Crippen LogP contribution in [0, 0.1) is 12.7 Å². The zero-order valence-electron chi connectivity index (χ0n) is 13.3. The number of rotatable bonds is 3. The van der Waals surface area contributed by atoms with E-state index in [1.54, 1.807) is 12.1 Å². The van der Waals surface area contributed by atoms with Crippen molar-refractivity contribution in [1.82, 2.24) is 9.97 Å². The Hall–Kier alpha value is -2.50. The molecule has 0 aliphatic carbocycles. The molecular formula is C19H13ClFN3S. The maximum absolute atomic E-state index is 13.3. The minimum atomic E-state index is -0.263. The zero-order valence-corrected chi connectivity index (χ0v) is 14.8. The van der Waals surface area contributed by atoms with Gasteiger partial charge in [-0.1, -0.05) is 30.3 Å². The zero-order chi connectivity index (χ0) is 17.4. The Morgan fingerprint density at radius 3 is 2.56 bits per heavy atom. The Kier molecular flexibility index (Phi) is 4.11. The van der Waals surface area contributed by atoms with Crippen molar-refractivity contribution in [2.24, 2.45) is 0 Å². The molecule has 0 radical (unpaired) electrons. The quantitative estimate of drug-likeness (QED) is 0.437. The molecule has 0 aliphatic heterocycles. The summed E-state index contributed by atoms with van der Waals surface area (Å²) in [7, 11) is 0. The summed E-state index contributed by atoms with van der Waals surface area (Å²) in [5.41, 5.74) is 3.91. The highest BCUT2D eigenvalue weighted by atomic mass is 35.5. The molecule has 0 bridgehead atoms. The first-order chi connectivity index (χ1) is 12.1. The van der Waals surface area contributed by atoms with Crippen LogP contribution >= 0.6 is 22.9 Å². The van der Waals surface area contributed by atoms with E-state index in [1.807, 2.05) is 36.6 Å². The Labute approximate surface area is 153 Å². The van der Waals surface area contributed by atoms with Crippen LogP contribution in [-0.4, -0.2) is 9.97 Å². The number of anilines is 2. The van der Waals surface area contributed by atoms with E-state index in [4.69, 9.17) is 11.6 Å². The Morgan fingerprint density at radius 1 is 1.04 bits per heavy atom. The first-order valence-corrected chi connectivity index (χ1v) is 8.91. The van der Waals surface area contributed by atoms with Gasteiger partial charge in [0, 0.05) is 16.6 Å². The van der Waals surface area contributed by atoms with Gasteiger partial charge in [-0.3, -0.25) is 0 Å². The number of halogens is 2. The fourth-order valence-electron chi connectivity index (χ4n) is 2.69. The van der Waals surface area contributed by atoms with Gasteiger partial charge in [0.2, 0.25) is 5.28 Å². The predicted molar refractivity (Wildman–Crippen MR) is 102 cm³/mol. The summed E-state index contributed by atoms with van der Waals surface area (Å²) in [6.07, 6.45) is 0. The van der Waals surface area contributed by atoms with E-state index in [0.717, 1.165) is 32.6 Å². The SMILES string of the molecule is Cc1ccccc1Nc1nc(Cl)nc2scc(-c3ccc(F)cc3)c12. The van der Waals surface area contributed by atoms with E-state index in [0.29, 0.717) is 5.82 Å². The monoisotopic (exact) mass is 369 g/mol. The van der Waals surface area contributed by atoms with E-state index in [2.05, 4.69) is 15.3 Å². The standard InChI is InChI=1S/C19H13ClFN3S/c1-11-4-2-3-5-15(11)22-17-16-14(12-6-8-13(21)9-7-12)10-25-18(16)24-19(20)23-17/h2-10H,1H3,(H,22,23,24). The molecule has 4 aromatic rings. The van der Waals surface area contributed by atoms with Gasteiger partial charge in [-0.2, -0.15) is 4.98 Å². The number of hydrogen-bond acceptors (Lipinski definition) is 4. The minimum Gasteiger partial charge on any atom is -0.339 e. The molecule has 0 fully saturated rings. The lowest BCUT2D eigenvalue weighted by Crippen LogP contribution is -1.98. The van der Waals surface area contributed by atoms with Gasteiger partial charge in [-0.15, -0.1) is 11.3 Å². The number of nitrogens with one attached hydrogen (secondary N) is 1. The highest BCUT2D eigenvalue weighted by Crippen LogP contribution is 2.38. The Balaban J connectivity index is 1.89. The third kappa shape index (κ3) is 3.08. The van der Waals surface area contributed by atoms with Crippen LogP contribution in [0.2, 0.25) is 5.28 Å². The van der Waals surface area contributed by atoms with Crippen LogP contribution in [0.3, 0.4) is 0 Å². The third-order valence-corrected chi connectivity index (χ3v) is 5.00. The molecule has 3 nitrogen and oxygen atoms in total. The number of thiophene rings is 1. The van der Waals surface area contributed by atoms with Crippen molar-refractivity contribution in [1.29, 1.82) is 0 Å². The second kappa shape index (κ2) is 6.43. The van der Waals surface area contributed by atoms with Crippen LogP contribution in [0.15, 0.2) is 53.9 Å². The molecule has 0 atom stereocenters. The summed E-state index contributed by atoms with van der Waals surface area (Å²) >= 11 is 7.59. The number of hydrogen-bond donors (Lipinski definition) is 1.